The fourth-order valence-corrected chi connectivity index (χ4v) is 4.61. The van der Waals surface area contributed by atoms with Gasteiger partial charge in [0.2, 0.25) is 5.91 Å². The number of aliphatic hydroxyl groups excluding tert-OH is 1. The minimum Gasteiger partial charge on any atom is -0.543 e. The van der Waals surface area contributed by atoms with Crippen LogP contribution in [0.2, 0.25) is 0 Å². The number of halogens is 3. The summed E-state index contributed by atoms with van der Waals surface area (Å²) in [5, 5.41) is 24.2. The maximum absolute atomic E-state index is 11.9. The predicted octanol–water partition coefficient (Wildman–Crippen LogP) is -1.93. The Morgan fingerprint density at radius 2 is 2.15 bits per heavy atom. The van der Waals surface area contributed by atoms with Crippen molar-refractivity contribution in [2.75, 3.05) is 17.6 Å². The second kappa shape index (κ2) is 8.89. The van der Waals surface area contributed by atoms with Crippen LogP contribution in [0, 0.1) is 0 Å². The number of β-lactam (4-membered cyclic amide) rings is 1. The lowest BCUT2D eigenvalue weighted by Gasteiger charge is -2.49. The number of nitrogens with one attached hydrogen (secondary N) is 1. The number of nitrogens with two attached hydrogens (primary N) is 1. The van der Waals surface area contributed by atoms with Gasteiger partial charge in [-0.1, -0.05) is 0 Å². The van der Waals surface area contributed by atoms with E-state index >= 15 is 0 Å². The predicted molar refractivity (Wildman–Crippen MR) is 104 cm³/mol. The van der Waals surface area contributed by atoms with Crippen molar-refractivity contribution in [2.24, 2.45) is 5.73 Å². The molecule has 3 aliphatic rings. The first kappa shape index (κ1) is 23.9. The van der Waals surface area contributed by atoms with Crippen molar-refractivity contribution in [2.45, 2.75) is 30.6 Å². The number of hydrogen-bond acceptors (Lipinski definition) is 7. The Hall–Kier alpha value is -1.17. The second-order valence-corrected chi connectivity index (χ2v) is 7.20. The quantitative estimate of drug-likeness (QED) is 0.354. The van der Waals surface area contributed by atoms with Crippen LogP contribution in [0.25, 0.3) is 0 Å². The number of β-amino-alcohol motifs (C(OH)–C–C–N with tert-alkyl or cyclic N) is 1. The summed E-state index contributed by atoms with van der Waals surface area (Å²) in [7, 11) is 0. The third-order valence-electron chi connectivity index (χ3n) is 4.53. The fourth-order valence-electron chi connectivity index (χ4n) is 3.33. The summed E-state index contributed by atoms with van der Waals surface area (Å²) in [6.07, 6.45) is 1.31. The molecule has 0 bridgehead atoms. The standard InChI is InChI=1S/C14H17N5O4S.3ClH/c15-10-12(21)19-11(14(22)23)7(6-24-13(10)19)4-17-2-1-9-16-3-8(20)5-18(9)17;;;/h1-2,8,10,13,20H,3-6,15H2,(H,22,23);3*1H/t8?,10-,13-;;;/m1.../s1. The van der Waals surface area contributed by atoms with Crippen LogP contribution < -0.4 is 20.8 Å². The Bertz CT molecular complexity index is 774. The Morgan fingerprint density at radius 1 is 1.44 bits per heavy atom. The van der Waals surface area contributed by atoms with Crippen molar-refractivity contribution in [1.82, 2.24) is 9.58 Å². The van der Waals surface area contributed by atoms with Crippen LogP contribution in [0.3, 0.4) is 0 Å². The van der Waals surface area contributed by atoms with E-state index in [2.05, 4.69) is 5.32 Å². The van der Waals surface area contributed by atoms with E-state index in [0.29, 0.717) is 31.0 Å². The van der Waals surface area contributed by atoms with E-state index in [1.807, 2.05) is 21.6 Å². The number of aliphatic carboxylic acids is 1. The van der Waals surface area contributed by atoms with Crippen LogP contribution in [0.1, 0.15) is 0 Å². The summed E-state index contributed by atoms with van der Waals surface area (Å²) in [5.41, 5.74) is 6.26. The Morgan fingerprint density at radius 3 is 2.81 bits per heavy atom. The van der Waals surface area contributed by atoms with Gasteiger partial charge >= 0.3 is 0 Å². The lowest BCUT2D eigenvalue weighted by Crippen LogP contribution is -2.69. The average molecular weight is 461 g/mol. The van der Waals surface area contributed by atoms with Gasteiger partial charge in [-0.3, -0.25) is 9.69 Å². The van der Waals surface area contributed by atoms with Gasteiger partial charge < -0.3 is 26.1 Å². The van der Waals surface area contributed by atoms with Crippen LogP contribution in [0.15, 0.2) is 23.5 Å². The Kier molecular flexibility index (Phi) is 7.86. The molecular formula is C14H20Cl3N5O4S. The van der Waals surface area contributed by atoms with Crippen molar-refractivity contribution < 1.29 is 24.5 Å². The smallest absolute Gasteiger partial charge is 0.248 e. The van der Waals surface area contributed by atoms with Crippen LogP contribution in [0.4, 0.5) is 5.82 Å². The van der Waals surface area contributed by atoms with E-state index in [0.717, 1.165) is 5.82 Å². The summed E-state index contributed by atoms with van der Waals surface area (Å²) in [6.45, 7) is 1.21. The number of hydrogen-bond donors (Lipinski definition) is 3. The molecule has 1 unspecified atom stereocenters. The molecule has 0 radical (unpaired) electrons. The highest BCUT2D eigenvalue weighted by molar-refractivity contribution is 8.00. The lowest BCUT2D eigenvalue weighted by molar-refractivity contribution is -0.768. The molecule has 3 aliphatic heterocycles. The molecule has 1 amide bonds. The summed E-state index contributed by atoms with van der Waals surface area (Å²) >= 11 is 1.46. The molecule has 1 fully saturated rings. The van der Waals surface area contributed by atoms with Crippen LogP contribution in [-0.4, -0.2) is 56.4 Å². The molecular weight excluding hydrogens is 441 g/mol. The number of carboxylic acids is 1. The SMILES string of the molecule is Cl.Cl.Cl.N[C@@H]1C(=O)N2C(C(=O)[O-])=C(C[n+]3ccc4n3CC(O)CN4)CS[C@H]12. The molecule has 0 saturated carbocycles. The second-order valence-electron chi connectivity index (χ2n) is 6.09. The number of aliphatic hydroxyl groups is 1. The topological polar surface area (TPSA) is 128 Å². The zero-order chi connectivity index (χ0) is 17.0. The van der Waals surface area contributed by atoms with E-state index in [4.69, 9.17) is 5.73 Å². The van der Waals surface area contributed by atoms with Crippen molar-refractivity contribution >= 4 is 66.7 Å². The van der Waals surface area contributed by atoms with Crippen molar-refractivity contribution in [3.05, 3.63) is 23.5 Å². The van der Waals surface area contributed by atoms with Gasteiger partial charge in [0, 0.05) is 17.9 Å². The number of aromatic nitrogens is 2. The van der Waals surface area contributed by atoms with Gasteiger partial charge in [0.15, 0.2) is 18.6 Å². The van der Waals surface area contributed by atoms with Gasteiger partial charge in [-0.05, 0) is 0 Å². The first-order valence-electron chi connectivity index (χ1n) is 7.62. The number of amides is 1. The zero-order valence-electron chi connectivity index (χ0n) is 13.9. The number of carbonyl (C=O) groups excluding carboxylic acids is 2. The lowest BCUT2D eigenvalue weighted by atomic mass is 10.0. The van der Waals surface area contributed by atoms with E-state index in [-0.39, 0.29) is 54.2 Å². The molecule has 1 saturated heterocycles. The summed E-state index contributed by atoms with van der Waals surface area (Å²) in [5.74, 6) is -0.420. The van der Waals surface area contributed by atoms with Gasteiger partial charge in [0.25, 0.3) is 0 Å². The molecule has 1 aromatic rings. The fraction of sp³-hybridized carbons (Fsp3) is 0.500. The highest BCUT2D eigenvalue weighted by Crippen LogP contribution is 2.39. The number of thioether (sulfide) groups is 1. The molecule has 1 aromatic heterocycles. The van der Waals surface area contributed by atoms with Gasteiger partial charge in [0.1, 0.15) is 18.0 Å². The highest BCUT2D eigenvalue weighted by atomic mass is 35.5. The largest absolute Gasteiger partial charge is 0.543 e. The Balaban J connectivity index is 0.00000121. The minimum absolute atomic E-state index is 0. The summed E-state index contributed by atoms with van der Waals surface area (Å²) in [6, 6.07) is 1.22. The molecule has 152 valence electrons. The number of anilines is 1. The third-order valence-corrected chi connectivity index (χ3v) is 5.89. The van der Waals surface area contributed by atoms with Gasteiger partial charge in [-0.25, -0.2) is 0 Å². The Labute approximate surface area is 178 Å². The zero-order valence-corrected chi connectivity index (χ0v) is 17.2. The summed E-state index contributed by atoms with van der Waals surface area (Å²) < 4.78 is 3.68. The molecule has 9 nitrogen and oxygen atoms in total. The summed E-state index contributed by atoms with van der Waals surface area (Å²) in [4.78, 5) is 24.8. The van der Waals surface area contributed by atoms with Crippen molar-refractivity contribution in [3.63, 3.8) is 0 Å². The monoisotopic (exact) mass is 459 g/mol. The molecule has 0 aromatic carbocycles. The van der Waals surface area contributed by atoms with Crippen LogP contribution >= 0.6 is 49.0 Å². The average Bonchev–Trinajstić information content (AvgIpc) is 2.95. The molecule has 3 atom stereocenters. The van der Waals surface area contributed by atoms with Gasteiger partial charge in [-0.15, -0.1) is 58.3 Å². The van der Waals surface area contributed by atoms with E-state index in [9.17, 15) is 19.8 Å². The first-order valence-corrected chi connectivity index (χ1v) is 8.67. The number of carboxylic acid groups (broad SMARTS) is 1. The third kappa shape index (κ3) is 3.87. The minimum atomic E-state index is -1.36. The molecule has 27 heavy (non-hydrogen) atoms. The number of carbonyl (C=O) groups is 2. The highest BCUT2D eigenvalue weighted by Gasteiger charge is 2.50. The van der Waals surface area contributed by atoms with E-state index < -0.39 is 18.1 Å². The first-order chi connectivity index (χ1) is 11.5. The maximum atomic E-state index is 11.9. The molecule has 4 N–H and O–H groups in total. The molecule has 0 spiro atoms. The number of rotatable bonds is 3. The van der Waals surface area contributed by atoms with Crippen molar-refractivity contribution in [1.29, 1.82) is 0 Å². The van der Waals surface area contributed by atoms with E-state index in [1.54, 1.807) is 0 Å². The molecule has 4 heterocycles. The van der Waals surface area contributed by atoms with E-state index in [1.165, 1.54) is 16.7 Å². The van der Waals surface area contributed by atoms with Crippen LogP contribution in [-0.2, 0) is 22.7 Å². The number of fused-ring (bicyclic) bond motifs is 2. The van der Waals surface area contributed by atoms with Gasteiger partial charge in [0.05, 0.1) is 23.8 Å². The van der Waals surface area contributed by atoms with Crippen molar-refractivity contribution in [3.8, 4) is 0 Å². The normalized spacial score (nSPS) is 25.6. The molecule has 0 aliphatic carbocycles. The molecule has 13 heteroatoms. The molecule has 4 rings (SSSR count). The number of nitrogens with zero attached hydrogens (tertiary/aromatic N) is 3. The maximum Gasteiger partial charge on any atom is 0.248 e. The van der Waals surface area contributed by atoms with Gasteiger partial charge in [-0.2, -0.15) is 0 Å². The van der Waals surface area contributed by atoms with Crippen LogP contribution in [0.5, 0.6) is 0 Å².